The largest absolute Gasteiger partial charge is 0.490 e. The van der Waals surface area contributed by atoms with Gasteiger partial charge in [-0.3, -0.25) is 4.79 Å². The summed E-state index contributed by atoms with van der Waals surface area (Å²) in [5, 5.41) is 3.80. The third kappa shape index (κ3) is 4.57. The van der Waals surface area contributed by atoms with Gasteiger partial charge in [-0.25, -0.2) is 9.78 Å². The van der Waals surface area contributed by atoms with Crippen molar-refractivity contribution in [3.05, 3.63) is 59.2 Å². The molecule has 0 unspecified atom stereocenters. The van der Waals surface area contributed by atoms with Crippen molar-refractivity contribution in [3.8, 4) is 11.5 Å². The fourth-order valence-electron chi connectivity index (χ4n) is 2.88. The molecular weight excluding hydrogens is 396 g/mol. The van der Waals surface area contributed by atoms with Gasteiger partial charge < -0.3 is 19.5 Å². The summed E-state index contributed by atoms with van der Waals surface area (Å²) < 4.78 is 16.3. The van der Waals surface area contributed by atoms with Gasteiger partial charge in [0.25, 0.3) is 5.91 Å². The van der Waals surface area contributed by atoms with E-state index in [9.17, 15) is 9.59 Å². The summed E-state index contributed by atoms with van der Waals surface area (Å²) in [5.74, 6) is 0.152. The van der Waals surface area contributed by atoms with Crippen LogP contribution in [0.5, 0.6) is 11.5 Å². The number of hydrogen-bond donors (Lipinski definition) is 1. The van der Waals surface area contributed by atoms with Crippen molar-refractivity contribution in [2.24, 2.45) is 0 Å². The molecule has 0 atom stereocenters. The number of carbonyl (C=O) groups is 2. The van der Waals surface area contributed by atoms with Crippen LogP contribution < -0.4 is 14.8 Å². The summed E-state index contributed by atoms with van der Waals surface area (Å²) in [7, 11) is 0. The van der Waals surface area contributed by atoms with Crippen LogP contribution in [0.2, 0.25) is 5.15 Å². The minimum absolute atomic E-state index is 0.324. The molecule has 1 aliphatic rings. The Labute approximate surface area is 171 Å². The first kappa shape index (κ1) is 19.0. The highest BCUT2D eigenvalue weighted by Crippen LogP contribution is 2.32. The monoisotopic (exact) mass is 412 g/mol. The van der Waals surface area contributed by atoms with Crippen molar-refractivity contribution in [2.75, 3.05) is 25.1 Å². The number of esters is 1. The maximum absolute atomic E-state index is 12.3. The molecule has 0 bridgehead atoms. The standard InChI is InChI=1S/C21H17ClN2O5/c22-19-7-3-13-10-14(2-5-16(13)24-19)21(26)29-12-20(25)23-15-4-6-17-18(11-15)28-9-1-8-27-17/h2-7,10-11H,1,8-9,12H2,(H,23,25). The molecule has 0 fully saturated rings. The molecule has 7 nitrogen and oxygen atoms in total. The van der Waals surface area contributed by atoms with Crippen LogP contribution in [0.4, 0.5) is 5.69 Å². The van der Waals surface area contributed by atoms with Crippen LogP contribution in [0.25, 0.3) is 10.9 Å². The topological polar surface area (TPSA) is 86.8 Å². The highest BCUT2D eigenvalue weighted by atomic mass is 35.5. The van der Waals surface area contributed by atoms with Crippen molar-refractivity contribution in [1.82, 2.24) is 4.98 Å². The summed E-state index contributed by atoms with van der Waals surface area (Å²) in [6.45, 7) is 0.728. The van der Waals surface area contributed by atoms with E-state index in [1.165, 1.54) is 0 Å². The van der Waals surface area contributed by atoms with E-state index in [1.807, 2.05) is 0 Å². The summed E-state index contributed by atoms with van der Waals surface area (Å²) >= 11 is 5.86. The normalized spacial score (nSPS) is 12.9. The zero-order valence-corrected chi connectivity index (χ0v) is 16.1. The third-order valence-electron chi connectivity index (χ3n) is 4.26. The van der Waals surface area contributed by atoms with Gasteiger partial charge in [-0.15, -0.1) is 0 Å². The minimum atomic E-state index is -0.601. The molecule has 4 rings (SSSR count). The number of halogens is 1. The number of carbonyl (C=O) groups excluding carboxylic acids is 2. The zero-order chi connectivity index (χ0) is 20.2. The first-order chi connectivity index (χ1) is 14.1. The molecule has 8 heteroatoms. The first-order valence-electron chi connectivity index (χ1n) is 9.01. The van der Waals surface area contributed by atoms with Gasteiger partial charge >= 0.3 is 5.97 Å². The summed E-state index contributed by atoms with van der Waals surface area (Å²) in [6.07, 6.45) is 0.796. The van der Waals surface area contributed by atoms with Gasteiger partial charge in [-0.2, -0.15) is 0 Å². The summed E-state index contributed by atoms with van der Waals surface area (Å²) in [5.41, 5.74) is 1.52. The second-order valence-electron chi connectivity index (χ2n) is 6.38. The van der Waals surface area contributed by atoms with E-state index in [-0.39, 0.29) is 0 Å². The van der Waals surface area contributed by atoms with Crippen molar-refractivity contribution in [3.63, 3.8) is 0 Å². The predicted molar refractivity (Wildman–Crippen MR) is 108 cm³/mol. The van der Waals surface area contributed by atoms with E-state index in [0.717, 1.165) is 11.8 Å². The van der Waals surface area contributed by atoms with Gasteiger partial charge in [0.2, 0.25) is 0 Å². The number of nitrogens with zero attached hydrogens (tertiary/aromatic N) is 1. The molecule has 2 heterocycles. The van der Waals surface area contributed by atoms with Crippen LogP contribution in [0.3, 0.4) is 0 Å². The van der Waals surface area contributed by atoms with E-state index in [4.69, 9.17) is 25.8 Å². The van der Waals surface area contributed by atoms with Gasteiger partial charge in [0, 0.05) is 23.6 Å². The second kappa shape index (κ2) is 8.36. The molecule has 0 radical (unpaired) electrons. The molecule has 1 N–H and O–H groups in total. The highest BCUT2D eigenvalue weighted by Gasteiger charge is 2.14. The van der Waals surface area contributed by atoms with Crippen molar-refractivity contribution in [2.45, 2.75) is 6.42 Å². The Balaban J connectivity index is 1.36. The number of amides is 1. The van der Waals surface area contributed by atoms with Gasteiger partial charge in [-0.1, -0.05) is 11.6 Å². The number of benzene rings is 2. The number of fused-ring (bicyclic) bond motifs is 2. The van der Waals surface area contributed by atoms with Crippen molar-refractivity contribution in [1.29, 1.82) is 0 Å². The molecular formula is C21H17ClN2O5. The third-order valence-corrected chi connectivity index (χ3v) is 4.47. The van der Waals surface area contributed by atoms with E-state index < -0.39 is 18.5 Å². The molecule has 0 saturated carbocycles. The van der Waals surface area contributed by atoms with Crippen molar-refractivity contribution >= 4 is 40.1 Å². The lowest BCUT2D eigenvalue weighted by atomic mass is 10.1. The Hall–Kier alpha value is -3.32. The molecule has 29 heavy (non-hydrogen) atoms. The van der Waals surface area contributed by atoms with Gasteiger partial charge in [0.15, 0.2) is 18.1 Å². The molecule has 148 valence electrons. The molecule has 0 saturated heterocycles. The zero-order valence-electron chi connectivity index (χ0n) is 15.3. The Morgan fingerprint density at radius 1 is 1.03 bits per heavy atom. The van der Waals surface area contributed by atoms with E-state index >= 15 is 0 Å². The number of aromatic nitrogens is 1. The lowest BCUT2D eigenvalue weighted by molar-refractivity contribution is -0.119. The van der Waals surface area contributed by atoms with E-state index in [1.54, 1.807) is 48.5 Å². The second-order valence-corrected chi connectivity index (χ2v) is 6.77. The number of ether oxygens (including phenoxy) is 3. The Kier molecular flexibility index (Phi) is 5.48. The SMILES string of the molecule is O=C(COC(=O)c1ccc2nc(Cl)ccc2c1)Nc1ccc2c(c1)OCCCO2. The fraction of sp³-hybridized carbons (Fsp3) is 0.190. The average molecular weight is 413 g/mol. The average Bonchev–Trinajstić information content (AvgIpc) is 2.96. The number of rotatable bonds is 4. The van der Waals surface area contributed by atoms with Crippen LogP contribution in [0.15, 0.2) is 48.5 Å². The molecule has 0 aliphatic carbocycles. The molecule has 1 aromatic heterocycles. The van der Waals surface area contributed by atoms with Crippen LogP contribution in [0.1, 0.15) is 16.8 Å². The van der Waals surface area contributed by atoms with Crippen LogP contribution >= 0.6 is 11.6 Å². The number of nitrogens with one attached hydrogen (secondary N) is 1. The number of anilines is 1. The molecule has 3 aromatic rings. The van der Waals surface area contributed by atoms with E-state index in [0.29, 0.717) is 46.6 Å². The van der Waals surface area contributed by atoms with Crippen LogP contribution in [-0.4, -0.2) is 36.7 Å². The Morgan fingerprint density at radius 2 is 1.86 bits per heavy atom. The van der Waals surface area contributed by atoms with E-state index in [2.05, 4.69) is 10.3 Å². The molecule has 1 amide bonds. The molecule has 0 spiro atoms. The Bertz CT molecular complexity index is 1090. The van der Waals surface area contributed by atoms with Crippen LogP contribution in [-0.2, 0) is 9.53 Å². The lowest BCUT2D eigenvalue weighted by Crippen LogP contribution is -2.21. The number of hydrogen-bond acceptors (Lipinski definition) is 6. The maximum atomic E-state index is 12.3. The lowest BCUT2D eigenvalue weighted by Gasteiger charge is -2.11. The Morgan fingerprint density at radius 3 is 2.72 bits per heavy atom. The van der Waals surface area contributed by atoms with Gasteiger partial charge in [0.1, 0.15) is 5.15 Å². The van der Waals surface area contributed by atoms with Crippen LogP contribution in [0, 0.1) is 0 Å². The fourth-order valence-corrected chi connectivity index (χ4v) is 3.03. The summed E-state index contributed by atoms with van der Waals surface area (Å²) in [4.78, 5) is 28.6. The molecule has 2 aromatic carbocycles. The smallest absolute Gasteiger partial charge is 0.338 e. The van der Waals surface area contributed by atoms with Gasteiger partial charge in [-0.05, 0) is 42.5 Å². The molecule has 1 aliphatic heterocycles. The minimum Gasteiger partial charge on any atom is -0.490 e. The van der Waals surface area contributed by atoms with Gasteiger partial charge in [0.05, 0.1) is 24.3 Å². The maximum Gasteiger partial charge on any atom is 0.338 e. The predicted octanol–water partition coefficient (Wildman–Crippen LogP) is 3.85. The van der Waals surface area contributed by atoms with Crippen molar-refractivity contribution < 1.29 is 23.8 Å². The highest BCUT2D eigenvalue weighted by molar-refractivity contribution is 6.29. The summed E-state index contributed by atoms with van der Waals surface area (Å²) in [6, 6.07) is 13.4. The quantitative estimate of drug-likeness (QED) is 0.517. The first-order valence-corrected chi connectivity index (χ1v) is 9.39. The number of pyridine rings is 1.